The van der Waals surface area contributed by atoms with Crippen molar-refractivity contribution in [2.75, 3.05) is 11.6 Å². The van der Waals surface area contributed by atoms with E-state index in [1.807, 2.05) is 13.8 Å². The van der Waals surface area contributed by atoms with Crippen LogP contribution in [0.2, 0.25) is 0 Å². The van der Waals surface area contributed by atoms with Crippen molar-refractivity contribution in [3.8, 4) is 0 Å². The van der Waals surface area contributed by atoms with Crippen molar-refractivity contribution in [1.82, 2.24) is 19.9 Å². The van der Waals surface area contributed by atoms with E-state index in [1.54, 1.807) is 6.20 Å². The molecule has 0 saturated carbocycles. The molecule has 0 aliphatic rings. The van der Waals surface area contributed by atoms with Crippen molar-refractivity contribution in [3.05, 3.63) is 31.0 Å². The average Bonchev–Trinajstić information content (AvgIpc) is 2.42. The molecule has 19 heavy (non-hydrogen) atoms. The zero-order valence-electron chi connectivity index (χ0n) is 10.9. The fourth-order valence-electron chi connectivity index (χ4n) is 1.08. The summed E-state index contributed by atoms with van der Waals surface area (Å²) in [5, 5.41) is 2.68. The third-order valence-corrected chi connectivity index (χ3v) is 2.67. The predicted molar refractivity (Wildman–Crippen MR) is 71.8 cm³/mol. The van der Waals surface area contributed by atoms with E-state index in [0.29, 0.717) is 11.5 Å². The van der Waals surface area contributed by atoms with Gasteiger partial charge < -0.3 is 5.32 Å². The molecule has 0 bridgehead atoms. The lowest BCUT2D eigenvalue weighted by Gasteiger charge is -2.03. The van der Waals surface area contributed by atoms with Crippen LogP contribution in [0, 0.1) is 0 Å². The van der Waals surface area contributed by atoms with Gasteiger partial charge in [-0.05, 0) is 0 Å². The molecule has 0 spiro atoms. The Labute approximate surface area is 112 Å². The minimum atomic E-state index is -3.37. The third kappa shape index (κ3) is 4.59. The van der Waals surface area contributed by atoms with Crippen LogP contribution in [-0.4, -0.2) is 34.6 Å². The maximum absolute atomic E-state index is 11.1. The Morgan fingerprint density at radius 1 is 1.00 bits per heavy atom. The van der Waals surface area contributed by atoms with Gasteiger partial charge in [-0.2, -0.15) is 0 Å². The summed E-state index contributed by atoms with van der Waals surface area (Å²) in [6, 6.07) is 0. The summed E-state index contributed by atoms with van der Waals surface area (Å²) in [7, 11) is -3.37. The van der Waals surface area contributed by atoms with Gasteiger partial charge in [-0.15, -0.1) is 0 Å². The van der Waals surface area contributed by atoms with Gasteiger partial charge in [0.05, 0.1) is 24.3 Å². The monoisotopic (exact) mass is 281 g/mol. The quantitative estimate of drug-likeness (QED) is 0.850. The molecule has 2 heterocycles. The van der Waals surface area contributed by atoms with E-state index in [-0.39, 0.29) is 5.16 Å². The first kappa shape index (κ1) is 15.0. The number of rotatable bonds is 3. The number of sulfone groups is 1. The molecule has 0 unspecified atom stereocenters. The van der Waals surface area contributed by atoms with Gasteiger partial charge in [-0.1, -0.05) is 13.8 Å². The van der Waals surface area contributed by atoms with E-state index in [4.69, 9.17) is 0 Å². The Bertz CT molecular complexity index is 599. The Balaban J connectivity index is 0.000000861. The maximum atomic E-state index is 11.1. The smallest absolute Gasteiger partial charge is 0.246 e. The summed E-state index contributed by atoms with van der Waals surface area (Å²) in [5.74, 6) is 0.531. The van der Waals surface area contributed by atoms with Gasteiger partial charge in [0.2, 0.25) is 15.0 Å². The fourth-order valence-corrected chi connectivity index (χ4v) is 1.57. The molecule has 0 aromatic carbocycles. The number of hydrogen-bond donors (Lipinski definition) is 1. The molecule has 0 amide bonds. The van der Waals surface area contributed by atoms with Crippen LogP contribution in [0.4, 0.5) is 11.5 Å². The molecule has 102 valence electrons. The molecule has 0 radical (unpaired) electrons. The highest BCUT2D eigenvalue weighted by molar-refractivity contribution is 7.90. The summed E-state index contributed by atoms with van der Waals surface area (Å²) in [6.07, 6.45) is 8.42. The standard InChI is InChI=1S/C9H9N5O2S.C2H6/c1-17(15,16)9-12-4-7(5-13-9)14-8-6-10-2-3-11-8;1-2/h2-6H,1H3,(H,11,14);1-2H3. The van der Waals surface area contributed by atoms with Crippen LogP contribution in [0.1, 0.15) is 13.8 Å². The fraction of sp³-hybridized carbons (Fsp3) is 0.273. The van der Waals surface area contributed by atoms with E-state index in [0.717, 1.165) is 6.26 Å². The van der Waals surface area contributed by atoms with Crippen LogP contribution in [0.25, 0.3) is 0 Å². The van der Waals surface area contributed by atoms with E-state index < -0.39 is 9.84 Å². The van der Waals surface area contributed by atoms with Crippen LogP contribution < -0.4 is 5.32 Å². The number of nitrogens with zero attached hydrogens (tertiary/aromatic N) is 4. The van der Waals surface area contributed by atoms with Crippen LogP contribution >= 0.6 is 0 Å². The largest absolute Gasteiger partial charge is 0.336 e. The van der Waals surface area contributed by atoms with E-state index in [1.165, 1.54) is 24.8 Å². The molecule has 0 saturated heterocycles. The lowest BCUT2D eigenvalue weighted by atomic mass is 10.5. The molecule has 2 rings (SSSR count). The molecule has 1 N–H and O–H groups in total. The SMILES string of the molecule is CC.CS(=O)(=O)c1ncc(Nc2cnccn2)cn1. The van der Waals surface area contributed by atoms with E-state index in [9.17, 15) is 8.42 Å². The zero-order chi connectivity index (χ0) is 14.3. The summed E-state index contributed by atoms with van der Waals surface area (Å²) in [4.78, 5) is 15.3. The highest BCUT2D eigenvalue weighted by atomic mass is 32.2. The Morgan fingerprint density at radius 2 is 1.63 bits per heavy atom. The molecule has 0 aliphatic carbocycles. The van der Waals surface area contributed by atoms with Gasteiger partial charge in [0, 0.05) is 18.6 Å². The molecule has 0 aliphatic heterocycles. The number of anilines is 2. The highest BCUT2D eigenvalue weighted by Gasteiger charge is 2.09. The molecular weight excluding hydrogens is 266 g/mol. The third-order valence-electron chi connectivity index (χ3n) is 1.80. The predicted octanol–water partition coefficient (Wildman–Crippen LogP) is 1.44. The maximum Gasteiger partial charge on any atom is 0.246 e. The Morgan fingerprint density at radius 3 is 2.11 bits per heavy atom. The van der Waals surface area contributed by atoms with Crippen molar-refractivity contribution in [1.29, 1.82) is 0 Å². The normalized spacial score (nSPS) is 10.3. The second kappa shape index (κ2) is 6.74. The van der Waals surface area contributed by atoms with Crippen LogP contribution in [0.5, 0.6) is 0 Å². The summed E-state index contributed by atoms with van der Waals surface area (Å²) < 4.78 is 22.3. The Hall–Kier alpha value is -2.09. The highest BCUT2D eigenvalue weighted by Crippen LogP contribution is 2.11. The van der Waals surface area contributed by atoms with Crippen LogP contribution in [0.15, 0.2) is 36.1 Å². The number of hydrogen-bond acceptors (Lipinski definition) is 7. The Kier molecular flexibility index (Phi) is 5.31. The number of nitrogens with one attached hydrogen (secondary N) is 1. The topological polar surface area (TPSA) is 97.7 Å². The molecule has 8 heteroatoms. The second-order valence-corrected chi connectivity index (χ2v) is 5.15. The van der Waals surface area contributed by atoms with E-state index >= 15 is 0 Å². The molecule has 7 nitrogen and oxygen atoms in total. The van der Waals surface area contributed by atoms with Crippen molar-refractivity contribution in [2.45, 2.75) is 19.0 Å². The minimum Gasteiger partial charge on any atom is -0.336 e. The molecule has 2 aromatic rings. The van der Waals surface area contributed by atoms with Gasteiger partial charge in [0.15, 0.2) is 0 Å². The zero-order valence-corrected chi connectivity index (χ0v) is 11.7. The first-order valence-electron chi connectivity index (χ1n) is 5.61. The van der Waals surface area contributed by atoms with Gasteiger partial charge in [-0.3, -0.25) is 4.98 Å². The van der Waals surface area contributed by atoms with Crippen LogP contribution in [0.3, 0.4) is 0 Å². The van der Waals surface area contributed by atoms with Gasteiger partial charge in [-0.25, -0.2) is 23.4 Å². The van der Waals surface area contributed by atoms with Crippen molar-refractivity contribution in [2.24, 2.45) is 0 Å². The molecule has 0 atom stereocenters. The minimum absolute atomic E-state index is 0.206. The molecule has 2 aromatic heterocycles. The first-order chi connectivity index (χ1) is 9.05. The first-order valence-corrected chi connectivity index (χ1v) is 7.50. The van der Waals surface area contributed by atoms with Gasteiger partial charge in [0.25, 0.3) is 0 Å². The van der Waals surface area contributed by atoms with Crippen LogP contribution in [-0.2, 0) is 9.84 Å². The summed E-state index contributed by atoms with van der Waals surface area (Å²) >= 11 is 0. The van der Waals surface area contributed by atoms with Gasteiger partial charge in [0.1, 0.15) is 5.82 Å². The summed E-state index contributed by atoms with van der Waals surface area (Å²) in [6.45, 7) is 4.00. The molecule has 0 fully saturated rings. The lowest BCUT2D eigenvalue weighted by molar-refractivity contribution is 0.593. The van der Waals surface area contributed by atoms with Crippen molar-refractivity contribution >= 4 is 21.3 Å². The van der Waals surface area contributed by atoms with E-state index in [2.05, 4.69) is 25.3 Å². The van der Waals surface area contributed by atoms with Crippen molar-refractivity contribution in [3.63, 3.8) is 0 Å². The van der Waals surface area contributed by atoms with Crippen molar-refractivity contribution < 1.29 is 8.42 Å². The molecular formula is C11H15N5O2S. The second-order valence-electron chi connectivity index (χ2n) is 3.24. The van der Waals surface area contributed by atoms with Gasteiger partial charge >= 0.3 is 0 Å². The lowest BCUT2D eigenvalue weighted by Crippen LogP contribution is -2.04. The average molecular weight is 281 g/mol. The number of aromatic nitrogens is 4. The summed E-state index contributed by atoms with van der Waals surface area (Å²) in [5.41, 5.74) is 0.540.